The van der Waals surface area contributed by atoms with E-state index in [-0.39, 0.29) is 0 Å². The molecule has 0 aliphatic carbocycles. The maximum atomic E-state index is 12.7. The zero-order valence-corrected chi connectivity index (χ0v) is 14.1. The first kappa shape index (κ1) is 14.0. The molecule has 0 aromatic heterocycles. The average Bonchev–Trinajstić information content (AvgIpc) is 2.87. The van der Waals surface area contributed by atoms with Crippen LogP contribution in [-0.4, -0.2) is 38.9 Å². The van der Waals surface area contributed by atoms with Crippen molar-refractivity contribution < 1.29 is 8.42 Å². The molecule has 3 rings (SSSR count). The predicted molar refractivity (Wildman–Crippen MR) is 80.5 cm³/mol. The standard InChI is InChI=1S/C12H14Br2N2O2S/c13-10-1-2-12(11(14)3-10)19(17,18)16-6-8-4-15-5-9(8)7-16/h1-3,8-9,15H,4-7H2. The Hall–Kier alpha value is 0.0500. The third-order valence-corrected chi connectivity index (χ3v) is 7.17. The molecule has 2 aliphatic heterocycles. The van der Waals surface area contributed by atoms with Crippen LogP contribution in [0, 0.1) is 11.8 Å². The Bertz CT molecular complexity index is 594. The summed E-state index contributed by atoms with van der Waals surface area (Å²) < 4.78 is 28.4. The van der Waals surface area contributed by atoms with Gasteiger partial charge in [0.1, 0.15) is 0 Å². The Morgan fingerprint density at radius 2 is 1.79 bits per heavy atom. The van der Waals surface area contributed by atoms with Gasteiger partial charge in [-0.05, 0) is 59.1 Å². The minimum atomic E-state index is -3.39. The van der Waals surface area contributed by atoms with Crippen molar-refractivity contribution >= 4 is 41.9 Å². The van der Waals surface area contributed by atoms with Gasteiger partial charge in [-0.3, -0.25) is 0 Å². The van der Waals surface area contributed by atoms with Crippen LogP contribution in [0.3, 0.4) is 0 Å². The predicted octanol–water partition coefficient (Wildman–Crippen LogP) is 2.05. The molecule has 0 bridgehead atoms. The van der Waals surface area contributed by atoms with E-state index in [2.05, 4.69) is 37.2 Å². The first-order valence-corrected chi connectivity index (χ1v) is 9.17. The Morgan fingerprint density at radius 1 is 1.16 bits per heavy atom. The van der Waals surface area contributed by atoms with E-state index in [0.717, 1.165) is 17.6 Å². The number of nitrogens with one attached hydrogen (secondary N) is 1. The molecule has 19 heavy (non-hydrogen) atoms. The van der Waals surface area contributed by atoms with Crippen molar-refractivity contribution in [2.24, 2.45) is 11.8 Å². The molecule has 104 valence electrons. The summed E-state index contributed by atoms with van der Waals surface area (Å²) in [6.07, 6.45) is 0. The minimum absolute atomic E-state index is 0.351. The Balaban J connectivity index is 1.91. The topological polar surface area (TPSA) is 49.4 Å². The molecule has 0 saturated carbocycles. The third kappa shape index (κ3) is 2.51. The number of nitrogens with zero attached hydrogens (tertiary/aromatic N) is 1. The summed E-state index contributed by atoms with van der Waals surface area (Å²) in [5, 5.41) is 3.32. The fourth-order valence-electron chi connectivity index (χ4n) is 2.83. The fraction of sp³-hybridized carbons (Fsp3) is 0.500. The van der Waals surface area contributed by atoms with Gasteiger partial charge in [-0.2, -0.15) is 4.31 Å². The molecule has 0 spiro atoms. The highest BCUT2D eigenvalue weighted by molar-refractivity contribution is 9.11. The van der Waals surface area contributed by atoms with Gasteiger partial charge in [0.25, 0.3) is 0 Å². The molecule has 4 nitrogen and oxygen atoms in total. The van der Waals surface area contributed by atoms with Gasteiger partial charge in [0.2, 0.25) is 10.0 Å². The van der Waals surface area contributed by atoms with Crippen LogP contribution in [0.5, 0.6) is 0 Å². The molecule has 2 saturated heterocycles. The van der Waals surface area contributed by atoms with E-state index in [4.69, 9.17) is 0 Å². The summed E-state index contributed by atoms with van der Waals surface area (Å²) in [4.78, 5) is 0.351. The molecule has 2 fully saturated rings. The van der Waals surface area contributed by atoms with E-state index in [1.54, 1.807) is 22.5 Å². The van der Waals surface area contributed by atoms with Gasteiger partial charge in [-0.25, -0.2) is 8.42 Å². The molecule has 2 atom stereocenters. The lowest BCUT2D eigenvalue weighted by molar-refractivity contribution is 0.447. The quantitative estimate of drug-likeness (QED) is 0.813. The molecule has 7 heteroatoms. The SMILES string of the molecule is O=S(=O)(c1ccc(Br)cc1Br)N1CC2CNCC2C1. The van der Waals surface area contributed by atoms with E-state index >= 15 is 0 Å². The van der Waals surface area contributed by atoms with Crippen LogP contribution in [0.2, 0.25) is 0 Å². The second kappa shape index (κ2) is 5.11. The van der Waals surface area contributed by atoms with Crippen LogP contribution in [0.1, 0.15) is 0 Å². The number of benzene rings is 1. The fourth-order valence-corrected chi connectivity index (χ4v) is 6.09. The Labute approximate surface area is 129 Å². The van der Waals surface area contributed by atoms with Gasteiger partial charge in [0.15, 0.2) is 0 Å². The lowest BCUT2D eigenvalue weighted by atomic mass is 10.0. The average molecular weight is 410 g/mol. The zero-order chi connectivity index (χ0) is 13.6. The third-order valence-electron chi connectivity index (χ3n) is 3.87. The van der Waals surface area contributed by atoms with Gasteiger partial charge >= 0.3 is 0 Å². The van der Waals surface area contributed by atoms with Crippen molar-refractivity contribution in [3.63, 3.8) is 0 Å². The van der Waals surface area contributed by atoms with Crippen molar-refractivity contribution in [1.82, 2.24) is 9.62 Å². The van der Waals surface area contributed by atoms with E-state index in [1.807, 2.05) is 0 Å². The van der Waals surface area contributed by atoms with Crippen molar-refractivity contribution in [1.29, 1.82) is 0 Å². The van der Waals surface area contributed by atoms with E-state index in [9.17, 15) is 8.42 Å². The summed E-state index contributed by atoms with van der Waals surface area (Å²) >= 11 is 6.68. The van der Waals surface area contributed by atoms with Gasteiger partial charge in [0, 0.05) is 22.0 Å². The minimum Gasteiger partial charge on any atom is -0.316 e. The number of sulfonamides is 1. The van der Waals surface area contributed by atoms with Crippen molar-refractivity contribution in [2.75, 3.05) is 26.2 Å². The number of fused-ring (bicyclic) bond motifs is 1. The number of rotatable bonds is 2. The second-order valence-electron chi connectivity index (χ2n) is 5.08. The van der Waals surface area contributed by atoms with Crippen LogP contribution in [0.15, 0.2) is 32.0 Å². The van der Waals surface area contributed by atoms with Gasteiger partial charge in [0.05, 0.1) is 4.90 Å². The van der Waals surface area contributed by atoms with Crippen LogP contribution in [-0.2, 0) is 10.0 Å². The zero-order valence-electron chi connectivity index (χ0n) is 10.1. The van der Waals surface area contributed by atoms with Crippen molar-refractivity contribution in [2.45, 2.75) is 4.90 Å². The summed E-state index contributed by atoms with van der Waals surface area (Å²) in [5.74, 6) is 0.924. The normalized spacial score (nSPS) is 27.7. The maximum absolute atomic E-state index is 12.7. The number of halogens is 2. The monoisotopic (exact) mass is 408 g/mol. The van der Waals surface area contributed by atoms with Crippen LogP contribution in [0.4, 0.5) is 0 Å². The summed E-state index contributed by atoms with van der Waals surface area (Å²) in [6, 6.07) is 5.18. The lowest BCUT2D eigenvalue weighted by Gasteiger charge is -2.18. The molecule has 2 unspecified atom stereocenters. The molecular weight excluding hydrogens is 396 g/mol. The Kier molecular flexibility index (Phi) is 3.77. The largest absolute Gasteiger partial charge is 0.316 e. The second-order valence-corrected chi connectivity index (χ2v) is 8.75. The van der Waals surface area contributed by atoms with Crippen LogP contribution >= 0.6 is 31.9 Å². The summed E-state index contributed by atoms with van der Waals surface area (Å²) in [7, 11) is -3.39. The molecule has 0 amide bonds. The number of hydrogen-bond donors (Lipinski definition) is 1. The lowest BCUT2D eigenvalue weighted by Crippen LogP contribution is -2.32. The molecule has 2 aliphatic rings. The van der Waals surface area contributed by atoms with Crippen molar-refractivity contribution in [3.8, 4) is 0 Å². The maximum Gasteiger partial charge on any atom is 0.244 e. The van der Waals surface area contributed by atoms with Crippen LogP contribution in [0.25, 0.3) is 0 Å². The molecular formula is C12H14Br2N2O2S. The summed E-state index contributed by atoms with van der Waals surface area (Å²) in [5.41, 5.74) is 0. The number of hydrogen-bond acceptors (Lipinski definition) is 3. The molecule has 1 aromatic carbocycles. The Morgan fingerprint density at radius 3 is 2.37 bits per heavy atom. The highest BCUT2D eigenvalue weighted by Crippen LogP contribution is 2.34. The van der Waals surface area contributed by atoms with Gasteiger partial charge in [-0.1, -0.05) is 15.9 Å². The van der Waals surface area contributed by atoms with Gasteiger partial charge in [-0.15, -0.1) is 0 Å². The van der Waals surface area contributed by atoms with Crippen molar-refractivity contribution in [3.05, 3.63) is 27.1 Å². The molecule has 2 heterocycles. The highest BCUT2D eigenvalue weighted by Gasteiger charge is 2.41. The van der Waals surface area contributed by atoms with E-state index < -0.39 is 10.0 Å². The van der Waals surface area contributed by atoms with Gasteiger partial charge < -0.3 is 5.32 Å². The molecule has 1 N–H and O–H groups in total. The first-order chi connectivity index (χ1) is 8.98. The van der Waals surface area contributed by atoms with Crippen LogP contribution < -0.4 is 5.32 Å². The van der Waals surface area contributed by atoms with E-state index in [0.29, 0.717) is 34.3 Å². The summed E-state index contributed by atoms with van der Waals surface area (Å²) in [6.45, 7) is 3.11. The van der Waals surface area contributed by atoms with E-state index in [1.165, 1.54) is 0 Å². The highest BCUT2D eigenvalue weighted by atomic mass is 79.9. The molecule has 0 radical (unpaired) electrons. The first-order valence-electron chi connectivity index (χ1n) is 6.14. The molecule has 1 aromatic rings. The smallest absolute Gasteiger partial charge is 0.244 e.